The van der Waals surface area contributed by atoms with Crippen molar-refractivity contribution in [2.45, 2.75) is 11.8 Å². The maximum absolute atomic E-state index is 12.0. The number of methoxy groups -OCH3 is 1. The van der Waals surface area contributed by atoms with Crippen LogP contribution in [-0.2, 0) is 14.8 Å². The van der Waals surface area contributed by atoms with E-state index in [0.717, 1.165) is 9.99 Å². The summed E-state index contributed by atoms with van der Waals surface area (Å²) in [6.07, 6.45) is 0. The lowest BCUT2D eigenvalue weighted by molar-refractivity contribution is 0.164. The molecule has 1 aromatic rings. The fourth-order valence-corrected chi connectivity index (χ4v) is 2.64. The molecule has 0 bridgehead atoms. The summed E-state index contributed by atoms with van der Waals surface area (Å²) < 4.78 is 30.2. The molecule has 7 heteroatoms. The van der Waals surface area contributed by atoms with Crippen molar-refractivity contribution in [1.29, 1.82) is 0 Å². The number of nitrogens with one attached hydrogen (secondary N) is 1. The Morgan fingerprint density at radius 3 is 2.55 bits per heavy atom. The topological polar surface area (TPSA) is 84.7 Å². The average molecular weight is 301 g/mol. The first-order chi connectivity index (χ1) is 9.28. The number of hydrogen-bond acceptors (Lipinski definition) is 5. The smallest absolute Gasteiger partial charge is 0.242 e. The highest BCUT2D eigenvalue weighted by Crippen LogP contribution is 2.24. The van der Waals surface area contributed by atoms with Crippen molar-refractivity contribution < 1.29 is 13.2 Å². The van der Waals surface area contributed by atoms with Crippen LogP contribution in [0.2, 0.25) is 0 Å². The van der Waals surface area contributed by atoms with Gasteiger partial charge >= 0.3 is 0 Å². The standard InChI is InChI=1S/C13H23N3O3S/c1-10(9-19-4)8-15-13-6-5-11(7-12(13)14)20(17,18)16(2)3/h5-7,10,15H,8-9,14H2,1-4H3. The first kappa shape index (κ1) is 16.7. The Kier molecular flexibility index (Phi) is 5.79. The second-order valence-electron chi connectivity index (χ2n) is 4.98. The fourth-order valence-electron chi connectivity index (χ4n) is 1.70. The summed E-state index contributed by atoms with van der Waals surface area (Å²) in [7, 11) is 1.19. The molecule has 1 unspecified atom stereocenters. The predicted octanol–water partition coefficient (Wildman–Crippen LogP) is 1.21. The maximum atomic E-state index is 12.0. The Hall–Kier alpha value is -1.31. The molecule has 0 aliphatic rings. The molecule has 114 valence electrons. The van der Waals surface area contributed by atoms with Crippen LogP contribution in [0.15, 0.2) is 23.1 Å². The van der Waals surface area contributed by atoms with E-state index in [4.69, 9.17) is 10.5 Å². The molecular formula is C13H23N3O3S. The second kappa shape index (κ2) is 6.92. The summed E-state index contributed by atoms with van der Waals surface area (Å²) in [5.74, 6) is 0.338. The van der Waals surface area contributed by atoms with Crippen LogP contribution in [0.3, 0.4) is 0 Å². The molecule has 1 aromatic carbocycles. The lowest BCUT2D eigenvalue weighted by Gasteiger charge is -2.16. The normalized spacial score (nSPS) is 13.4. The van der Waals surface area contributed by atoms with E-state index in [0.29, 0.717) is 24.8 Å². The van der Waals surface area contributed by atoms with Crippen LogP contribution >= 0.6 is 0 Å². The number of hydrogen-bond donors (Lipinski definition) is 2. The van der Waals surface area contributed by atoms with E-state index in [1.807, 2.05) is 0 Å². The Morgan fingerprint density at radius 2 is 2.05 bits per heavy atom. The van der Waals surface area contributed by atoms with Crippen LogP contribution in [0.25, 0.3) is 0 Å². The summed E-state index contributed by atoms with van der Waals surface area (Å²) in [6, 6.07) is 4.71. The summed E-state index contributed by atoms with van der Waals surface area (Å²) in [6.45, 7) is 3.41. The molecule has 1 rings (SSSR count). The first-order valence-electron chi connectivity index (χ1n) is 6.34. The largest absolute Gasteiger partial charge is 0.397 e. The molecule has 0 fully saturated rings. The van der Waals surface area contributed by atoms with Crippen LogP contribution < -0.4 is 11.1 Å². The van der Waals surface area contributed by atoms with Crippen LogP contribution in [0, 0.1) is 5.92 Å². The van der Waals surface area contributed by atoms with Crippen molar-refractivity contribution in [2.24, 2.45) is 5.92 Å². The average Bonchev–Trinajstić information content (AvgIpc) is 2.37. The van der Waals surface area contributed by atoms with Gasteiger partial charge in [-0.05, 0) is 24.1 Å². The molecule has 0 aromatic heterocycles. The Morgan fingerprint density at radius 1 is 1.40 bits per heavy atom. The third kappa shape index (κ3) is 4.09. The summed E-state index contributed by atoms with van der Waals surface area (Å²) in [5.41, 5.74) is 7.04. The van der Waals surface area contributed by atoms with Crippen molar-refractivity contribution >= 4 is 21.4 Å². The molecule has 0 radical (unpaired) electrons. The third-order valence-electron chi connectivity index (χ3n) is 2.89. The molecule has 1 atom stereocenters. The monoisotopic (exact) mass is 301 g/mol. The van der Waals surface area contributed by atoms with Crippen LogP contribution in [0.5, 0.6) is 0 Å². The van der Waals surface area contributed by atoms with Gasteiger partial charge in [0, 0.05) is 27.7 Å². The molecule has 0 saturated carbocycles. The van der Waals surface area contributed by atoms with Crippen molar-refractivity contribution in [1.82, 2.24) is 4.31 Å². The van der Waals surface area contributed by atoms with Gasteiger partial charge in [0.1, 0.15) is 0 Å². The summed E-state index contributed by atoms with van der Waals surface area (Å²) >= 11 is 0. The quantitative estimate of drug-likeness (QED) is 0.740. The molecule has 3 N–H and O–H groups in total. The molecule has 6 nitrogen and oxygen atoms in total. The molecule has 0 amide bonds. The van der Waals surface area contributed by atoms with E-state index >= 15 is 0 Å². The van der Waals surface area contributed by atoms with Crippen molar-refractivity contribution in [3.05, 3.63) is 18.2 Å². The molecule has 0 spiro atoms. The summed E-state index contributed by atoms with van der Waals surface area (Å²) in [4.78, 5) is 0.190. The van der Waals surface area contributed by atoms with Gasteiger partial charge in [0.25, 0.3) is 0 Å². The van der Waals surface area contributed by atoms with E-state index < -0.39 is 10.0 Å². The number of nitrogens with two attached hydrogens (primary N) is 1. The Labute approximate surface area is 121 Å². The molecule has 20 heavy (non-hydrogen) atoms. The SMILES string of the molecule is COCC(C)CNc1ccc(S(=O)(=O)N(C)C)cc1N. The van der Waals surface area contributed by atoms with Gasteiger partial charge in [-0.15, -0.1) is 0 Å². The number of ether oxygens (including phenoxy) is 1. The van der Waals surface area contributed by atoms with Gasteiger partial charge in [-0.25, -0.2) is 12.7 Å². The van der Waals surface area contributed by atoms with Crippen LogP contribution in [0.1, 0.15) is 6.92 Å². The lowest BCUT2D eigenvalue weighted by Crippen LogP contribution is -2.22. The van der Waals surface area contributed by atoms with Crippen LogP contribution in [-0.4, -0.2) is 47.1 Å². The number of anilines is 2. The zero-order chi connectivity index (χ0) is 15.3. The van der Waals surface area contributed by atoms with Gasteiger partial charge in [0.05, 0.1) is 22.9 Å². The van der Waals surface area contributed by atoms with E-state index in [-0.39, 0.29) is 4.90 Å². The third-order valence-corrected chi connectivity index (χ3v) is 4.70. The number of benzene rings is 1. The van der Waals surface area contributed by atoms with Gasteiger partial charge in [0.2, 0.25) is 10.0 Å². The van der Waals surface area contributed by atoms with Crippen LogP contribution in [0.4, 0.5) is 11.4 Å². The van der Waals surface area contributed by atoms with Gasteiger partial charge in [-0.1, -0.05) is 6.92 Å². The van der Waals surface area contributed by atoms with Crippen molar-refractivity contribution in [3.8, 4) is 0 Å². The first-order valence-corrected chi connectivity index (χ1v) is 7.78. The van der Waals surface area contributed by atoms with Crippen molar-refractivity contribution in [3.63, 3.8) is 0 Å². The maximum Gasteiger partial charge on any atom is 0.242 e. The zero-order valence-electron chi connectivity index (χ0n) is 12.4. The van der Waals surface area contributed by atoms with Crippen molar-refractivity contribution in [2.75, 3.05) is 45.4 Å². The number of nitrogen functional groups attached to an aromatic ring is 1. The fraction of sp³-hybridized carbons (Fsp3) is 0.538. The summed E-state index contributed by atoms with van der Waals surface area (Å²) in [5, 5.41) is 3.19. The minimum absolute atomic E-state index is 0.190. The van der Waals surface area contributed by atoms with Gasteiger partial charge < -0.3 is 15.8 Å². The van der Waals surface area contributed by atoms with E-state index in [1.54, 1.807) is 19.2 Å². The molecule has 0 aliphatic heterocycles. The van der Waals surface area contributed by atoms with E-state index in [1.165, 1.54) is 20.2 Å². The molecular weight excluding hydrogens is 278 g/mol. The highest BCUT2D eigenvalue weighted by molar-refractivity contribution is 7.89. The van der Waals surface area contributed by atoms with E-state index in [2.05, 4.69) is 12.2 Å². The minimum atomic E-state index is -3.45. The predicted molar refractivity (Wildman–Crippen MR) is 81.3 cm³/mol. The molecule has 0 saturated heterocycles. The highest BCUT2D eigenvalue weighted by atomic mass is 32.2. The zero-order valence-corrected chi connectivity index (χ0v) is 13.2. The number of rotatable bonds is 7. The second-order valence-corrected chi connectivity index (χ2v) is 7.13. The van der Waals surface area contributed by atoms with Gasteiger partial charge in [-0.3, -0.25) is 0 Å². The number of sulfonamides is 1. The Balaban J connectivity index is 2.84. The van der Waals surface area contributed by atoms with Gasteiger partial charge in [0.15, 0.2) is 0 Å². The Bertz CT molecular complexity index is 544. The lowest BCUT2D eigenvalue weighted by atomic mass is 10.2. The van der Waals surface area contributed by atoms with Gasteiger partial charge in [-0.2, -0.15) is 0 Å². The van der Waals surface area contributed by atoms with E-state index in [9.17, 15) is 8.42 Å². The molecule has 0 heterocycles. The minimum Gasteiger partial charge on any atom is -0.397 e. The number of nitrogens with zero attached hydrogens (tertiary/aromatic N) is 1. The molecule has 0 aliphatic carbocycles. The highest BCUT2D eigenvalue weighted by Gasteiger charge is 2.18.